The Morgan fingerprint density at radius 1 is 1.19 bits per heavy atom. The average Bonchev–Trinajstić information content (AvgIpc) is 2.61. The van der Waals surface area contributed by atoms with Gasteiger partial charge >= 0.3 is 5.97 Å². The molecule has 2 rings (SSSR count). The molecule has 2 aromatic rings. The molecule has 0 saturated carbocycles. The van der Waals surface area contributed by atoms with Crippen LogP contribution in [-0.2, 0) is 9.53 Å². The number of non-ortho nitro benzene ring substituents is 1. The molecule has 2 aromatic carbocycles. The summed E-state index contributed by atoms with van der Waals surface area (Å²) in [5.41, 5.74) is 1.00. The van der Waals surface area contributed by atoms with Crippen LogP contribution >= 0.6 is 0 Å². The van der Waals surface area contributed by atoms with Crippen molar-refractivity contribution in [2.75, 3.05) is 12.4 Å². The van der Waals surface area contributed by atoms with E-state index in [0.717, 1.165) is 5.56 Å². The zero-order valence-corrected chi connectivity index (χ0v) is 14.5. The summed E-state index contributed by atoms with van der Waals surface area (Å²) in [6.07, 6.45) is -1.11. The Morgan fingerprint density at radius 2 is 1.88 bits per heavy atom. The highest BCUT2D eigenvalue weighted by atomic mass is 16.6. The van der Waals surface area contributed by atoms with Crippen LogP contribution in [0.1, 0.15) is 22.8 Å². The SMILES string of the molecule is COc1ccc([N+](=O)[O-])cc1NC(=O)C(C)OC(=O)c1ccccc1C. The van der Waals surface area contributed by atoms with Crippen molar-refractivity contribution >= 4 is 23.3 Å². The highest BCUT2D eigenvalue weighted by Crippen LogP contribution is 2.29. The number of anilines is 1. The van der Waals surface area contributed by atoms with Crippen LogP contribution in [0.4, 0.5) is 11.4 Å². The lowest BCUT2D eigenvalue weighted by Crippen LogP contribution is -2.30. The van der Waals surface area contributed by atoms with Crippen molar-refractivity contribution in [2.45, 2.75) is 20.0 Å². The van der Waals surface area contributed by atoms with E-state index in [4.69, 9.17) is 9.47 Å². The normalized spacial score (nSPS) is 11.3. The van der Waals surface area contributed by atoms with Crippen LogP contribution in [0.5, 0.6) is 5.75 Å². The van der Waals surface area contributed by atoms with Gasteiger partial charge in [0.2, 0.25) is 0 Å². The zero-order valence-electron chi connectivity index (χ0n) is 14.5. The first-order valence-electron chi connectivity index (χ1n) is 7.73. The molecular weight excluding hydrogens is 340 g/mol. The van der Waals surface area contributed by atoms with Crippen molar-refractivity contribution in [3.05, 3.63) is 63.7 Å². The summed E-state index contributed by atoms with van der Waals surface area (Å²) in [5.74, 6) is -1.01. The number of rotatable bonds is 6. The van der Waals surface area contributed by atoms with Gasteiger partial charge in [-0.25, -0.2) is 4.79 Å². The zero-order chi connectivity index (χ0) is 19.3. The van der Waals surface area contributed by atoms with Crippen molar-refractivity contribution in [1.29, 1.82) is 0 Å². The molecule has 136 valence electrons. The van der Waals surface area contributed by atoms with Gasteiger partial charge in [-0.15, -0.1) is 0 Å². The number of carbonyl (C=O) groups excluding carboxylic acids is 2. The maximum absolute atomic E-state index is 12.3. The number of nitro benzene ring substituents is 1. The lowest BCUT2D eigenvalue weighted by atomic mass is 10.1. The van der Waals surface area contributed by atoms with Gasteiger partial charge in [0, 0.05) is 12.1 Å². The van der Waals surface area contributed by atoms with Crippen LogP contribution in [0, 0.1) is 17.0 Å². The van der Waals surface area contributed by atoms with E-state index in [2.05, 4.69) is 5.32 Å². The van der Waals surface area contributed by atoms with Crippen LogP contribution in [0.15, 0.2) is 42.5 Å². The molecule has 1 N–H and O–H groups in total. The van der Waals surface area contributed by atoms with Crippen LogP contribution < -0.4 is 10.1 Å². The molecule has 0 aliphatic heterocycles. The van der Waals surface area contributed by atoms with E-state index >= 15 is 0 Å². The molecule has 0 bridgehead atoms. The Labute approximate surface area is 149 Å². The van der Waals surface area contributed by atoms with E-state index in [9.17, 15) is 19.7 Å². The first-order valence-corrected chi connectivity index (χ1v) is 7.73. The molecule has 0 saturated heterocycles. The Bertz CT molecular complexity index is 849. The van der Waals surface area contributed by atoms with E-state index in [0.29, 0.717) is 5.56 Å². The Morgan fingerprint density at radius 3 is 2.50 bits per heavy atom. The standard InChI is InChI=1S/C18H18N2O6/c1-11-6-4-5-7-14(11)18(22)26-12(2)17(21)19-15-10-13(20(23)24)8-9-16(15)25-3/h4-10,12H,1-3H3,(H,19,21). The predicted molar refractivity (Wildman–Crippen MR) is 94.3 cm³/mol. The van der Waals surface area contributed by atoms with E-state index < -0.39 is 22.9 Å². The van der Waals surface area contributed by atoms with Gasteiger partial charge in [0.25, 0.3) is 11.6 Å². The minimum atomic E-state index is -1.11. The number of benzene rings is 2. The van der Waals surface area contributed by atoms with Crippen molar-refractivity contribution < 1.29 is 24.0 Å². The van der Waals surface area contributed by atoms with E-state index in [1.807, 2.05) is 0 Å². The maximum atomic E-state index is 12.3. The van der Waals surface area contributed by atoms with Crippen molar-refractivity contribution in [3.8, 4) is 5.75 Å². The number of amides is 1. The molecular formula is C18H18N2O6. The largest absolute Gasteiger partial charge is 0.495 e. The van der Waals surface area contributed by atoms with Crippen LogP contribution in [0.2, 0.25) is 0 Å². The minimum Gasteiger partial charge on any atom is -0.495 e. The van der Waals surface area contributed by atoms with Gasteiger partial charge in [-0.1, -0.05) is 18.2 Å². The van der Waals surface area contributed by atoms with Gasteiger partial charge in [-0.2, -0.15) is 0 Å². The number of ether oxygens (including phenoxy) is 2. The van der Waals surface area contributed by atoms with Gasteiger partial charge in [-0.05, 0) is 31.5 Å². The average molecular weight is 358 g/mol. The molecule has 0 aliphatic carbocycles. The monoisotopic (exact) mass is 358 g/mol. The molecule has 0 radical (unpaired) electrons. The number of nitrogens with one attached hydrogen (secondary N) is 1. The number of aryl methyl sites for hydroxylation is 1. The van der Waals surface area contributed by atoms with Crippen molar-refractivity contribution in [3.63, 3.8) is 0 Å². The summed E-state index contributed by atoms with van der Waals surface area (Å²) in [6, 6.07) is 10.7. The summed E-state index contributed by atoms with van der Waals surface area (Å²) in [4.78, 5) is 34.8. The topological polar surface area (TPSA) is 108 Å². The maximum Gasteiger partial charge on any atom is 0.339 e. The van der Waals surface area contributed by atoms with E-state index in [1.54, 1.807) is 31.2 Å². The number of hydrogen-bond acceptors (Lipinski definition) is 6. The Balaban J connectivity index is 2.12. The summed E-state index contributed by atoms with van der Waals surface area (Å²) >= 11 is 0. The summed E-state index contributed by atoms with van der Waals surface area (Å²) in [5, 5.41) is 13.4. The highest BCUT2D eigenvalue weighted by Gasteiger charge is 2.22. The third-order valence-electron chi connectivity index (χ3n) is 3.67. The fraction of sp³-hybridized carbons (Fsp3) is 0.222. The fourth-order valence-electron chi connectivity index (χ4n) is 2.22. The predicted octanol–water partition coefficient (Wildman–Crippen LogP) is 3.10. The van der Waals surface area contributed by atoms with Gasteiger partial charge in [0.05, 0.1) is 23.3 Å². The van der Waals surface area contributed by atoms with Gasteiger partial charge in [-0.3, -0.25) is 14.9 Å². The van der Waals surface area contributed by atoms with Gasteiger partial charge in [0.15, 0.2) is 6.10 Å². The molecule has 1 unspecified atom stereocenters. The second-order valence-corrected chi connectivity index (χ2v) is 5.49. The molecule has 0 spiro atoms. The lowest BCUT2D eigenvalue weighted by molar-refractivity contribution is -0.384. The number of nitro groups is 1. The number of nitrogens with zero attached hydrogens (tertiary/aromatic N) is 1. The summed E-state index contributed by atoms with van der Waals surface area (Å²) in [7, 11) is 1.37. The van der Waals surface area contributed by atoms with E-state index in [1.165, 1.54) is 32.2 Å². The second-order valence-electron chi connectivity index (χ2n) is 5.49. The number of methoxy groups -OCH3 is 1. The molecule has 8 heteroatoms. The first kappa shape index (κ1) is 18.9. The third-order valence-corrected chi connectivity index (χ3v) is 3.67. The third kappa shape index (κ3) is 4.35. The number of carbonyl (C=O) groups is 2. The number of esters is 1. The molecule has 0 aliphatic rings. The van der Waals surface area contributed by atoms with E-state index in [-0.39, 0.29) is 17.1 Å². The van der Waals surface area contributed by atoms with Gasteiger partial charge in [0.1, 0.15) is 5.75 Å². The van der Waals surface area contributed by atoms with Gasteiger partial charge < -0.3 is 14.8 Å². The molecule has 8 nitrogen and oxygen atoms in total. The number of hydrogen-bond donors (Lipinski definition) is 1. The summed E-state index contributed by atoms with van der Waals surface area (Å²) in [6.45, 7) is 3.17. The van der Waals surface area contributed by atoms with Crippen LogP contribution in [0.25, 0.3) is 0 Å². The minimum absolute atomic E-state index is 0.116. The Hall–Kier alpha value is -3.42. The highest BCUT2D eigenvalue weighted by molar-refractivity contribution is 5.98. The summed E-state index contributed by atoms with van der Waals surface area (Å²) < 4.78 is 10.3. The molecule has 1 atom stereocenters. The lowest BCUT2D eigenvalue weighted by Gasteiger charge is -2.15. The smallest absolute Gasteiger partial charge is 0.339 e. The first-order chi connectivity index (χ1) is 12.3. The second kappa shape index (κ2) is 8.11. The quantitative estimate of drug-likeness (QED) is 0.483. The fourth-order valence-corrected chi connectivity index (χ4v) is 2.22. The molecule has 26 heavy (non-hydrogen) atoms. The molecule has 0 aromatic heterocycles. The molecule has 0 fully saturated rings. The molecule has 1 amide bonds. The van der Waals surface area contributed by atoms with Crippen LogP contribution in [0.3, 0.4) is 0 Å². The van der Waals surface area contributed by atoms with Crippen molar-refractivity contribution in [1.82, 2.24) is 0 Å². The Kier molecular flexibility index (Phi) is 5.90. The molecule has 0 heterocycles. The van der Waals surface area contributed by atoms with Crippen molar-refractivity contribution in [2.24, 2.45) is 0 Å². The van der Waals surface area contributed by atoms with Crippen LogP contribution in [-0.4, -0.2) is 30.0 Å².